The first kappa shape index (κ1) is 19.2. The lowest BCUT2D eigenvalue weighted by Crippen LogP contribution is -2.59. The van der Waals surface area contributed by atoms with E-state index in [-0.39, 0.29) is 0 Å². The third-order valence-corrected chi connectivity index (χ3v) is 6.35. The number of rotatable bonds is 5. The van der Waals surface area contributed by atoms with Crippen LogP contribution in [-0.2, 0) is 0 Å². The van der Waals surface area contributed by atoms with Gasteiger partial charge in [-0.15, -0.1) is 0 Å². The van der Waals surface area contributed by atoms with E-state index in [0.717, 1.165) is 5.92 Å². The van der Waals surface area contributed by atoms with Crippen LogP contribution in [0.1, 0.15) is 68.2 Å². The fourth-order valence-corrected chi connectivity index (χ4v) is 4.10. The molecule has 0 radical (unpaired) electrons. The van der Waals surface area contributed by atoms with E-state index in [4.69, 9.17) is 0 Å². The first-order valence-electron chi connectivity index (χ1n) is 9.67. The standard InChI is InChI=1S/C20H41N3/c1-17-15-23(16-17)20(7,8)10-9-19(5,6)22-13-11-21(12-14-22)18(2,3)4/h17H,9-16H2,1-8H3. The van der Waals surface area contributed by atoms with Crippen molar-refractivity contribution in [2.24, 2.45) is 5.92 Å². The number of nitrogens with zero attached hydrogens (tertiary/aromatic N) is 3. The monoisotopic (exact) mass is 323 g/mol. The number of hydrogen-bond donors (Lipinski definition) is 0. The second-order valence-electron chi connectivity index (χ2n) is 10.3. The van der Waals surface area contributed by atoms with Crippen LogP contribution < -0.4 is 0 Å². The Morgan fingerprint density at radius 3 is 1.43 bits per heavy atom. The molecule has 0 N–H and O–H groups in total. The van der Waals surface area contributed by atoms with Gasteiger partial charge in [0.05, 0.1) is 0 Å². The van der Waals surface area contributed by atoms with Crippen molar-refractivity contribution in [1.82, 2.24) is 14.7 Å². The molecule has 2 aliphatic heterocycles. The Morgan fingerprint density at radius 2 is 1.04 bits per heavy atom. The summed E-state index contributed by atoms with van der Waals surface area (Å²) in [7, 11) is 0. The van der Waals surface area contributed by atoms with Gasteiger partial charge in [-0.05, 0) is 67.2 Å². The molecule has 23 heavy (non-hydrogen) atoms. The van der Waals surface area contributed by atoms with Crippen LogP contribution in [0, 0.1) is 5.92 Å². The Kier molecular flexibility index (Phi) is 5.55. The summed E-state index contributed by atoms with van der Waals surface area (Å²) in [6.45, 7) is 26.6. The highest BCUT2D eigenvalue weighted by Gasteiger charge is 2.38. The van der Waals surface area contributed by atoms with E-state index in [1.165, 1.54) is 52.1 Å². The van der Waals surface area contributed by atoms with Gasteiger partial charge in [0, 0.05) is 55.9 Å². The molecule has 3 heteroatoms. The molecule has 0 aliphatic carbocycles. The topological polar surface area (TPSA) is 9.72 Å². The van der Waals surface area contributed by atoms with E-state index >= 15 is 0 Å². The van der Waals surface area contributed by atoms with Crippen LogP contribution in [0.4, 0.5) is 0 Å². The van der Waals surface area contributed by atoms with E-state index in [2.05, 4.69) is 70.1 Å². The fourth-order valence-electron chi connectivity index (χ4n) is 4.10. The minimum absolute atomic E-state index is 0.312. The van der Waals surface area contributed by atoms with Crippen LogP contribution in [0.15, 0.2) is 0 Å². The van der Waals surface area contributed by atoms with E-state index in [0.29, 0.717) is 16.6 Å². The SMILES string of the molecule is CC1CN(C(C)(C)CCC(C)(C)N2CCN(C(C)(C)C)CC2)C1. The lowest BCUT2D eigenvalue weighted by atomic mass is 9.84. The maximum Gasteiger partial charge on any atom is 0.0155 e. The average Bonchev–Trinajstić information content (AvgIpc) is 2.41. The van der Waals surface area contributed by atoms with Gasteiger partial charge in [-0.25, -0.2) is 0 Å². The van der Waals surface area contributed by atoms with E-state index in [1.807, 2.05) is 0 Å². The van der Waals surface area contributed by atoms with Gasteiger partial charge in [0.25, 0.3) is 0 Å². The Morgan fingerprint density at radius 1 is 0.652 bits per heavy atom. The molecule has 2 aliphatic rings. The quantitative estimate of drug-likeness (QED) is 0.764. The van der Waals surface area contributed by atoms with Crippen molar-refractivity contribution in [3.05, 3.63) is 0 Å². The van der Waals surface area contributed by atoms with Gasteiger partial charge < -0.3 is 0 Å². The van der Waals surface area contributed by atoms with Crippen LogP contribution in [0.2, 0.25) is 0 Å². The molecule has 0 bridgehead atoms. The molecule has 0 saturated carbocycles. The zero-order valence-corrected chi connectivity index (χ0v) is 17.1. The number of piperazine rings is 1. The van der Waals surface area contributed by atoms with E-state index in [1.54, 1.807) is 0 Å². The second kappa shape index (κ2) is 6.65. The normalized spacial score (nSPS) is 24.0. The van der Waals surface area contributed by atoms with Crippen LogP contribution in [0.3, 0.4) is 0 Å². The molecule has 0 aromatic rings. The van der Waals surface area contributed by atoms with Crippen molar-refractivity contribution in [3.8, 4) is 0 Å². The lowest BCUT2D eigenvalue weighted by molar-refractivity contribution is -0.0179. The summed E-state index contributed by atoms with van der Waals surface area (Å²) >= 11 is 0. The Balaban J connectivity index is 1.83. The van der Waals surface area contributed by atoms with Crippen molar-refractivity contribution < 1.29 is 0 Å². The number of hydrogen-bond acceptors (Lipinski definition) is 3. The summed E-state index contributed by atoms with van der Waals surface area (Å²) in [6.07, 6.45) is 2.59. The molecule has 0 atom stereocenters. The first-order chi connectivity index (χ1) is 10.4. The third kappa shape index (κ3) is 4.70. The maximum atomic E-state index is 2.73. The van der Waals surface area contributed by atoms with Crippen LogP contribution >= 0.6 is 0 Å². The van der Waals surface area contributed by atoms with Gasteiger partial charge >= 0.3 is 0 Å². The summed E-state index contributed by atoms with van der Waals surface area (Å²) in [5.74, 6) is 0.896. The van der Waals surface area contributed by atoms with Crippen molar-refractivity contribution in [1.29, 1.82) is 0 Å². The second-order valence-corrected chi connectivity index (χ2v) is 10.3. The molecule has 2 saturated heterocycles. The molecule has 0 amide bonds. The highest BCUT2D eigenvalue weighted by atomic mass is 15.3. The zero-order valence-electron chi connectivity index (χ0n) is 17.1. The minimum atomic E-state index is 0.312. The van der Waals surface area contributed by atoms with Crippen LogP contribution in [0.25, 0.3) is 0 Å². The molecule has 2 rings (SSSR count). The predicted molar refractivity (Wildman–Crippen MR) is 101 cm³/mol. The van der Waals surface area contributed by atoms with Crippen molar-refractivity contribution in [2.45, 2.75) is 84.8 Å². The smallest absolute Gasteiger partial charge is 0.0155 e. The molecule has 0 spiro atoms. The van der Waals surface area contributed by atoms with Crippen LogP contribution in [-0.4, -0.2) is 70.6 Å². The molecular weight excluding hydrogens is 282 g/mol. The number of likely N-dealkylation sites (tertiary alicyclic amines) is 1. The van der Waals surface area contributed by atoms with E-state index < -0.39 is 0 Å². The first-order valence-corrected chi connectivity index (χ1v) is 9.67. The highest BCUT2D eigenvalue weighted by molar-refractivity contribution is 4.94. The molecule has 0 aromatic heterocycles. The third-order valence-electron chi connectivity index (χ3n) is 6.35. The van der Waals surface area contributed by atoms with Gasteiger partial charge in [0.2, 0.25) is 0 Å². The maximum absolute atomic E-state index is 2.73. The largest absolute Gasteiger partial charge is 0.298 e. The van der Waals surface area contributed by atoms with Gasteiger partial charge in [0.1, 0.15) is 0 Å². The van der Waals surface area contributed by atoms with Gasteiger partial charge in [-0.3, -0.25) is 14.7 Å². The van der Waals surface area contributed by atoms with Gasteiger partial charge in [-0.1, -0.05) is 6.92 Å². The molecule has 0 aromatic carbocycles. The van der Waals surface area contributed by atoms with Crippen molar-refractivity contribution in [2.75, 3.05) is 39.3 Å². The Labute approximate surface area is 145 Å². The summed E-state index contributed by atoms with van der Waals surface area (Å²) < 4.78 is 0. The Hall–Kier alpha value is -0.120. The minimum Gasteiger partial charge on any atom is -0.298 e. The molecule has 0 unspecified atom stereocenters. The molecule has 136 valence electrons. The Bertz CT molecular complexity index is 380. The molecular formula is C20H41N3. The van der Waals surface area contributed by atoms with Crippen molar-refractivity contribution >= 4 is 0 Å². The summed E-state index contributed by atoms with van der Waals surface area (Å²) in [5.41, 5.74) is 0.987. The predicted octanol–water partition coefficient (Wildman–Crippen LogP) is 3.69. The van der Waals surface area contributed by atoms with E-state index in [9.17, 15) is 0 Å². The van der Waals surface area contributed by atoms with Crippen molar-refractivity contribution in [3.63, 3.8) is 0 Å². The highest BCUT2D eigenvalue weighted by Crippen LogP contribution is 2.33. The van der Waals surface area contributed by atoms with Gasteiger partial charge in [0.15, 0.2) is 0 Å². The molecule has 2 heterocycles. The molecule has 3 nitrogen and oxygen atoms in total. The average molecular weight is 324 g/mol. The fraction of sp³-hybridized carbons (Fsp3) is 1.00. The summed E-state index contributed by atoms with van der Waals surface area (Å²) in [5, 5.41) is 0. The summed E-state index contributed by atoms with van der Waals surface area (Å²) in [6, 6.07) is 0. The molecule has 2 fully saturated rings. The lowest BCUT2D eigenvalue weighted by Gasteiger charge is -2.51. The van der Waals surface area contributed by atoms with Crippen LogP contribution in [0.5, 0.6) is 0 Å². The zero-order chi connectivity index (χ0) is 17.5. The van der Waals surface area contributed by atoms with Gasteiger partial charge in [-0.2, -0.15) is 0 Å². The summed E-state index contributed by atoms with van der Waals surface area (Å²) in [4.78, 5) is 8.03.